The lowest BCUT2D eigenvalue weighted by Crippen LogP contribution is -2.06. The quantitative estimate of drug-likeness (QED) is 0.222. The van der Waals surface area contributed by atoms with Gasteiger partial charge in [-0.2, -0.15) is 22.2 Å². The van der Waals surface area contributed by atoms with E-state index in [9.17, 15) is 4.79 Å². The van der Waals surface area contributed by atoms with Gasteiger partial charge in [-0.3, -0.25) is 0 Å². The van der Waals surface area contributed by atoms with E-state index in [0.717, 1.165) is 31.7 Å². The molecule has 0 bridgehead atoms. The summed E-state index contributed by atoms with van der Waals surface area (Å²) in [6.45, 7) is 5.63. The minimum atomic E-state index is -1.41. The molecule has 0 atom stereocenters. The van der Waals surface area contributed by atoms with Crippen LogP contribution in [0.3, 0.4) is 0 Å². The van der Waals surface area contributed by atoms with Gasteiger partial charge in [-0.25, -0.2) is 4.79 Å². The van der Waals surface area contributed by atoms with Gasteiger partial charge >= 0.3 is 5.97 Å². The number of ether oxygens (including phenoxy) is 1. The van der Waals surface area contributed by atoms with E-state index in [1.54, 1.807) is 6.92 Å². The first-order chi connectivity index (χ1) is 7.04. The summed E-state index contributed by atoms with van der Waals surface area (Å²) in [5.74, 6) is -0.302. The second kappa shape index (κ2) is 9.25. The molecule has 88 valence electrons. The van der Waals surface area contributed by atoms with E-state index in [4.69, 9.17) is 26.9 Å². The predicted molar refractivity (Wildman–Crippen MR) is 67.9 cm³/mol. The van der Waals surface area contributed by atoms with Gasteiger partial charge in [0.15, 0.2) is 0 Å². The molecule has 0 aliphatic heterocycles. The van der Waals surface area contributed by atoms with Gasteiger partial charge in [0.05, 0.1) is 6.61 Å². The minimum absolute atomic E-state index is 0.302. The zero-order valence-electron chi connectivity index (χ0n) is 9.10. The lowest BCUT2D eigenvalue weighted by atomic mass is 10.2. The Labute approximate surface area is 103 Å². The Morgan fingerprint density at radius 3 is 2.40 bits per heavy atom. The van der Waals surface area contributed by atoms with Gasteiger partial charge in [0, 0.05) is 5.57 Å². The smallest absolute Gasteiger partial charge is 0.333 e. The molecule has 0 aromatic rings. The van der Waals surface area contributed by atoms with Crippen LogP contribution in [0.5, 0.6) is 0 Å². The molecule has 0 spiro atoms. The summed E-state index contributed by atoms with van der Waals surface area (Å²) in [5.41, 5.74) is 0.452. The number of hydrogen-bond donors (Lipinski definition) is 0. The standard InChI is InChI=1S/C10H18Cl2O2Si/c1-9(2)10(13)14-7-5-3-4-6-8-15(11)12/h15H,1,3-8H2,2H3. The molecule has 0 saturated carbocycles. The average molecular weight is 269 g/mol. The molecule has 0 aliphatic carbocycles. The predicted octanol–water partition coefficient (Wildman–Crippen LogP) is 3.36. The molecule has 0 aromatic carbocycles. The normalized spacial score (nSPS) is 10.4. The number of halogens is 2. The van der Waals surface area contributed by atoms with Crippen LogP contribution in [0, 0.1) is 0 Å². The van der Waals surface area contributed by atoms with Gasteiger partial charge in [0.1, 0.15) is 0 Å². The summed E-state index contributed by atoms with van der Waals surface area (Å²) in [7, 11) is -1.41. The van der Waals surface area contributed by atoms with Crippen molar-refractivity contribution in [3.8, 4) is 0 Å². The van der Waals surface area contributed by atoms with Crippen molar-refractivity contribution in [2.24, 2.45) is 0 Å². The lowest BCUT2D eigenvalue weighted by Gasteiger charge is -2.04. The van der Waals surface area contributed by atoms with Crippen LogP contribution in [0.2, 0.25) is 6.04 Å². The first-order valence-corrected chi connectivity index (χ1v) is 9.45. The Kier molecular flexibility index (Phi) is 9.25. The molecule has 0 heterocycles. The molecule has 0 radical (unpaired) electrons. The van der Waals surface area contributed by atoms with Crippen LogP contribution in [-0.2, 0) is 9.53 Å². The van der Waals surface area contributed by atoms with Crippen molar-refractivity contribution in [1.29, 1.82) is 0 Å². The van der Waals surface area contributed by atoms with Crippen molar-refractivity contribution in [2.45, 2.75) is 38.7 Å². The Morgan fingerprint density at radius 1 is 1.27 bits per heavy atom. The second-order valence-corrected chi connectivity index (χ2v) is 8.70. The van der Waals surface area contributed by atoms with Crippen LogP contribution in [0.4, 0.5) is 0 Å². The summed E-state index contributed by atoms with van der Waals surface area (Å²) in [5, 5.41) is 0. The van der Waals surface area contributed by atoms with Crippen LogP contribution in [-0.4, -0.2) is 20.0 Å². The average Bonchev–Trinajstić information content (AvgIpc) is 2.15. The molecule has 0 amide bonds. The minimum Gasteiger partial charge on any atom is -0.462 e. The van der Waals surface area contributed by atoms with Crippen molar-refractivity contribution in [3.63, 3.8) is 0 Å². The van der Waals surface area contributed by atoms with Gasteiger partial charge in [0.25, 0.3) is 0 Å². The summed E-state index contributed by atoms with van der Waals surface area (Å²) >= 11 is 11.4. The van der Waals surface area contributed by atoms with E-state index >= 15 is 0 Å². The Balaban J connectivity index is 3.18. The number of hydrogen-bond acceptors (Lipinski definition) is 2. The molecule has 0 aromatic heterocycles. The van der Waals surface area contributed by atoms with Gasteiger partial charge < -0.3 is 4.74 Å². The zero-order chi connectivity index (χ0) is 11.7. The number of carbonyl (C=O) groups excluding carboxylic acids is 1. The van der Waals surface area contributed by atoms with Crippen molar-refractivity contribution in [1.82, 2.24) is 0 Å². The Bertz CT molecular complexity index is 208. The molecule has 0 fully saturated rings. The van der Waals surface area contributed by atoms with E-state index in [0.29, 0.717) is 12.2 Å². The molecule has 2 nitrogen and oxygen atoms in total. The maximum absolute atomic E-state index is 11.0. The van der Waals surface area contributed by atoms with E-state index in [-0.39, 0.29) is 5.97 Å². The monoisotopic (exact) mass is 268 g/mol. The van der Waals surface area contributed by atoms with E-state index in [1.807, 2.05) is 0 Å². The number of rotatable bonds is 8. The molecule has 15 heavy (non-hydrogen) atoms. The maximum Gasteiger partial charge on any atom is 0.333 e. The Hall–Kier alpha value is 0.00688. The van der Waals surface area contributed by atoms with Crippen molar-refractivity contribution in [3.05, 3.63) is 12.2 Å². The molecule has 0 rings (SSSR count). The van der Waals surface area contributed by atoms with Gasteiger partial charge in [-0.1, -0.05) is 25.8 Å². The third-order valence-corrected chi connectivity index (χ3v) is 4.05. The molecule has 0 N–H and O–H groups in total. The fourth-order valence-corrected chi connectivity index (χ4v) is 2.57. The highest BCUT2D eigenvalue weighted by molar-refractivity contribution is 7.33. The SMILES string of the molecule is C=C(C)C(=O)OCCCCCC[SiH](Cl)Cl. The molecule has 5 heteroatoms. The third-order valence-electron chi connectivity index (χ3n) is 1.90. The summed E-state index contributed by atoms with van der Waals surface area (Å²) < 4.78 is 4.95. The molecule has 0 unspecified atom stereocenters. The highest BCUT2D eigenvalue weighted by atomic mass is 35.7. The first kappa shape index (κ1) is 15.0. The van der Waals surface area contributed by atoms with Crippen LogP contribution in [0.15, 0.2) is 12.2 Å². The van der Waals surface area contributed by atoms with E-state index in [2.05, 4.69) is 6.58 Å². The van der Waals surface area contributed by atoms with E-state index in [1.165, 1.54) is 0 Å². The number of carbonyl (C=O) groups is 1. The van der Waals surface area contributed by atoms with Crippen LogP contribution >= 0.6 is 22.2 Å². The maximum atomic E-state index is 11.0. The lowest BCUT2D eigenvalue weighted by molar-refractivity contribution is -0.139. The summed E-state index contributed by atoms with van der Waals surface area (Å²) in [6, 6.07) is 0.967. The van der Waals surface area contributed by atoms with Crippen LogP contribution in [0.1, 0.15) is 32.6 Å². The first-order valence-electron chi connectivity index (χ1n) is 5.15. The fraction of sp³-hybridized carbons (Fsp3) is 0.700. The second-order valence-electron chi connectivity index (χ2n) is 3.51. The largest absolute Gasteiger partial charge is 0.462 e. The number of esters is 1. The van der Waals surface area contributed by atoms with E-state index < -0.39 is 7.42 Å². The van der Waals surface area contributed by atoms with Gasteiger partial charge in [-0.05, 0) is 19.4 Å². The van der Waals surface area contributed by atoms with Crippen LogP contribution < -0.4 is 0 Å². The molecular formula is C10H18Cl2O2Si. The summed E-state index contributed by atoms with van der Waals surface area (Å²) in [4.78, 5) is 11.0. The summed E-state index contributed by atoms with van der Waals surface area (Å²) in [6.07, 6.45) is 4.14. The third kappa shape index (κ3) is 10.3. The fourth-order valence-electron chi connectivity index (χ4n) is 1.04. The van der Waals surface area contributed by atoms with Crippen molar-refractivity contribution < 1.29 is 9.53 Å². The highest BCUT2D eigenvalue weighted by Gasteiger charge is 2.03. The van der Waals surface area contributed by atoms with Crippen molar-refractivity contribution >= 4 is 35.5 Å². The van der Waals surface area contributed by atoms with Gasteiger partial charge in [-0.15, -0.1) is 0 Å². The molecule has 0 saturated heterocycles. The topological polar surface area (TPSA) is 26.3 Å². The molecule has 0 aliphatic rings. The molecular weight excluding hydrogens is 251 g/mol. The Morgan fingerprint density at radius 2 is 1.87 bits per heavy atom. The highest BCUT2D eigenvalue weighted by Crippen LogP contribution is 2.11. The number of unbranched alkanes of at least 4 members (excludes halogenated alkanes) is 3. The zero-order valence-corrected chi connectivity index (χ0v) is 11.8. The van der Waals surface area contributed by atoms with Crippen molar-refractivity contribution in [2.75, 3.05) is 6.61 Å². The van der Waals surface area contributed by atoms with Gasteiger partial charge in [0.2, 0.25) is 7.42 Å². The van der Waals surface area contributed by atoms with Crippen LogP contribution in [0.25, 0.3) is 0 Å².